The van der Waals surface area contributed by atoms with E-state index in [4.69, 9.17) is 11.6 Å². The van der Waals surface area contributed by atoms with Gasteiger partial charge in [0.2, 0.25) is 0 Å². The van der Waals surface area contributed by atoms with Crippen LogP contribution in [0.5, 0.6) is 0 Å². The van der Waals surface area contributed by atoms with Gasteiger partial charge in [-0.05, 0) is 97.7 Å². The van der Waals surface area contributed by atoms with E-state index in [2.05, 4.69) is 104 Å². The zero-order valence-electron chi connectivity index (χ0n) is 19.8. The SMILES string of the molecule is CC1=CC(c2cccc(Cl)c2)C2=c3ccccc3=CC2=C1c1cccc2c1Cc1ccccc1-2.Cl.Cl. The lowest BCUT2D eigenvalue weighted by Crippen LogP contribution is -2.24. The van der Waals surface area contributed by atoms with Crippen LogP contribution < -0.4 is 10.4 Å². The summed E-state index contributed by atoms with van der Waals surface area (Å²) in [5.74, 6) is 0.186. The van der Waals surface area contributed by atoms with E-state index in [1.165, 1.54) is 66.1 Å². The summed E-state index contributed by atoms with van der Waals surface area (Å²) in [7, 11) is 0. The second-order valence-corrected chi connectivity index (χ2v) is 9.92. The second-order valence-electron chi connectivity index (χ2n) is 9.48. The predicted octanol–water partition coefficient (Wildman–Crippen LogP) is 7.90. The van der Waals surface area contributed by atoms with Crippen molar-refractivity contribution in [1.82, 2.24) is 0 Å². The highest BCUT2D eigenvalue weighted by Gasteiger charge is 2.31. The van der Waals surface area contributed by atoms with Gasteiger partial charge in [-0.2, -0.15) is 0 Å². The van der Waals surface area contributed by atoms with E-state index in [-0.39, 0.29) is 30.7 Å². The van der Waals surface area contributed by atoms with E-state index < -0.39 is 0 Å². The Kier molecular flexibility index (Phi) is 6.47. The zero-order valence-corrected chi connectivity index (χ0v) is 22.2. The molecule has 1 atom stereocenters. The molecule has 1 unspecified atom stereocenters. The van der Waals surface area contributed by atoms with E-state index in [0.717, 1.165) is 11.4 Å². The fourth-order valence-corrected chi connectivity index (χ4v) is 6.33. The van der Waals surface area contributed by atoms with Gasteiger partial charge in [-0.15, -0.1) is 24.8 Å². The third kappa shape index (κ3) is 3.68. The van der Waals surface area contributed by atoms with E-state index in [1.807, 2.05) is 6.07 Å². The molecule has 0 heterocycles. The molecule has 0 amide bonds. The Morgan fingerprint density at radius 2 is 1.47 bits per heavy atom. The first kappa shape index (κ1) is 24.7. The van der Waals surface area contributed by atoms with Crippen molar-refractivity contribution < 1.29 is 0 Å². The summed E-state index contributed by atoms with van der Waals surface area (Å²) in [4.78, 5) is 0. The Bertz CT molecular complexity index is 1710. The molecule has 0 aliphatic heterocycles. The van der Waals surface area contributed by atoms with Crippen molar-refractivity contribution in [2.75, 3.05) is 0 Å². The molecule has 0 bridgehead atoms. The molecule has 4 aromatic carbocycles. The van der Waals surface area contributed by atoms with Crippen molar-refractivity contribution in [2.45, 2.75) is 19.3 Å². The minimum atomic E-state index is 0. The van der Waals surface area contributed by atoms with Crippen LogP contribution in [0.25, 0.3) is 28.3 Å². The fraction of sp³-hybridized carbons (Fsp3) is 0.0909. The van der Waals surface area contributed by atoms with E-state index in [9.17, 15) is 0 Å². The lowest BCUT2D eigenvalue weighted by Gasteiger charge is -2.28. The molecule has 7 rings (SSSR count). The van der Waals surface area contributed by atoms with Crippen molar-refractivity contribution in [2.24, 2.45) is 0 Å². The van der Waals surface area contributed by atoms with Crippen LogP contribution in [-0.2, 0) is 6.42 Å². The summed E-state index contributed by atoms with van der Waals surface area (Å²) in [5.41, 5.74) is 13.7. The van der Waals surface area contributed by atoms with Crippen molar-refractivity contribution >= 4 is 53.6 Å². The molecule has 0 N–H and O–H groups in total. The highest BCUT2D eigenvalue weighted by molar-refractivity contribution is 6.30. The third-order valence-corrected chi connectivity index (χ3v) is 7.80. The molecule has 0 nitrogen and oxygen atoms in total. The molecule has 36 heavy (non-hydrogen) atoms. The van der Waals surface area contributed by atoms with Crippen LogP contribution in [0.4, 0.5) is 0 Å². The van der Waals surface area contributed by atoms with Crippen molar-refractivity contribution in [1.29, 1.82) is 0 Å². The maximum Gasteiger partial charge on any atom is 0.0409 e. The van der Waals surface area contributed by atoms with Crippen LogP contribution in [0.3, 0.4) is 0 Å². The van der Waals surface area contributed by atoms with Crippen LogP contribution in [0, 0.1) is 0 Å². The average molecular weight is 528 g/mol. The Balaban J connectivity index is 0.00000133. The van der Waals surface area contributed by atoms with Gasteiger partial charge in [0, 0.05) is 10.9 Å². The molecule has 4 aromatic rings. The third-order valence-electron chi connectivity index (χ3n) is 7.56. The molecular formula is C33H25Cl3. The van der Waals surface area contributed by atoms with Crippen molar-refractivity contribution in [3.63, 3.8) is 0 Å². The minimum Gasteiger partial charge on any atom is -0.147 e. The van der Waals surface area contributed by atoms with Gasteiger partial charge in [0.25, 0.3) is 0 Å². The number of allylic oxidation sites excluding steroid dienone is 4. The summed E-state index contributed by atoms with van der Waals surface area (Å²) < 4.78 is 0. The first-order valence-electron chi connectivity index (χ1n) is 11.9. The molecule has 3 aliphatic rings. The first-order chi connectivity index (χ1) is 16.7. The minimum absolute atomic E-state index is 0. The van der Waals surface area contributed by atoms with E-state index >= 15 is 0 Å². The lowest BCUT2D eigenvalue weighted by atomic mass is 9.75. The number of benzene rings is 4. The maximum atomic E-state index is 6.43. The lowest BCUT2D eigenvalue weighted by molar-refractivity contribution is 1.07. The predicted molar refractivity (Wildman–Crippen MR) is 158 cm³/mol. The molecule has 178 valence electrons. The van der Waals surface area contributed by atoms with Crippen LogP contribution in [0.15, 0.2) is 108 Å². The quantitative estimate of drug-likeness (QED) is 0.219. The average Bonchev–Trinajstić information content (AvgIpc) is 3.42. The summed E-state index contributed by atoms with van der Waals surface area (Å²) >= 11 is 6.43. The zero-order chi connectivity index (χ0) is 22.8. The molecule has 3 heteroatoms. The number of rotatable bonds is 2. The number of hydrogen-bond acceptors (Lipinski definition) is 0. The van der Waals surface area contributed by atoms with Gasteiger partial charge in [0.05, 0.1) is 0 Å². The maximum absolute atomic E-state index is 6.43. The van der Waals surface area contributed by atoms with Crippen LogP contribution >= 0.6 is 36.4 Å². The Labute approximate surface area is 229 Å². The summed E-state index contributed by atoms with van der Waals surface area (Å²) in [6, 6.07) is 32.8. The van der Waals surface area contributed by atoms with Gasteiger partial charge < -0.3 is 0 Å². The van der Waals surface area contributed by atoms with E-state index in [1.54, 1.807) is 0 Å². The number of halogens is 3. The molecule has 0 radical (unpaired) electrons. The molecule has 0 saturated carbocycles. The van der Waals surface area contributed by atoms with Crippen molar-refractivity contribution in [3.05, 3.63) is 146 Å². The van der Waals surface area contributed by atoms with Gasteiger partial charge in [0.1, 0.15) is 0 Å². The van der Waals surface area contributed by atoms with Gasteiger partial charge in [-0.25, -0.2) is 0 Å². The smallest absolute Gasteiger partial charge is 0.0409 e. The van der Waals surface area contributed by atoms with Crippen LogP contribution in [-0.4, -0.2) is 0 Å². The standard InChI is InChI=1S/C33H23Cl.2ClH/c1-20-16-29(21-10-6-11-24(34)17-21)33-26-13-5-3-9-23(26)19-31(33)32(20)28-15-7-14-27-25-12-4-2-8-22(25)18-30(27)28;;/h2-17,19,29H,18H2,1H3;2*1H. The number of fused-ring (bicyclic) bond motifs is 5. The topological polar surface area (TPSA) is 0 Å². The first-order valence-corrected chi connectivity index (χ1v) is 12.3. The Morgan fingerprint density at radius 1 is 0.750 bits per heavy atom. The molecule has 0 saturated heterocycles. The summed E-state index contributed by atoms with van der Waals surface area (Å²) in [6.07, 6.45) is 5.83. The van der Waals surface area contributed by atoms with Crippen LogP contribution in [0.2, 0.25) is 5.02 Å². The Hall–Kier alpha value is -3.03. The molecule has 0 spiro atoms. The van der Waals surface area contributed by atoms with Gasteiger partial charge in [-0.3, -0.25) is 0 Å². The van der Waals surface area contributed by atoms with Gasteiger partial charge in [0.15, 0.2) is 0 Å². The second kappa shape index (κ2) is 9.45. The highest BCUT2D eigenvalue weighted by atomic mass is 35.5. The molecule has 0 fully saturated rings. The van der Waals surface area contributed by atoms with E-state index in [0.29, 0.717) is 0 Å². The summed E-state index contributed by atoms with van der Waals surface area (Å²) in [5, 5.41) is 3.42. The van der Waals surface area contributed by atoms with Gasteiger partial charge in [-0.1, -0.05) is 96.5 Å². The molecular weight excluding hydrogens is 503 g/mol. The fourth-order valence-electron chi connectivity index (χ4n) is 6.13. The monoisotopic (exact) mass is 526 g/mol. The molecule has 0 aromatic heterocycles. The van der Waals surface area contributed by atoms with Crippen LogP contribution in [0.1, 0.15) is 35.1 Å². The normalized spacial score (nSPS) is 16.6. The highest BCUT2D eigenvalue weighted by Crippen LogP contribution is 2.48. The number of hydrogen-bond donors (Lipinski definition) is 0. The van der Waals surface area contributed by atoms with Gasteiger partial charge >= 0.3 is 0 Å². The largest absolute Gasteiger partial charge is 0.147 e. The molecule has 3 aliphatic carbocycles. The summed E-state index contributed by atoms with van der Waals surface area (Å²) in [6.45, 7) is 2.27. The Morgan fingerprint density at radius 3 is 2.33 bits per heavy atom. The van der Waals surface area contributed by atoms with Crippen molar-refractivity contribution in [3.8, 4) is 11.1 Å².